The van der Waals surface area contributed by atoms with Crippen molar-refractivity contribution in [2.75, 3.05) is 31.2 Å². The van der Waals surface area contributed by atoms with Crippen molar-refractivity contribution in [2.24, 2.45) is 4.99 Å². The van der Waals surface area contributed by atoms with E-state index in [1.807, 2.05) is 17.8 Å². The molecule has 0 amide bonds. The molecule has 140 valence electrons. The SMILES string of the molecule is c1ccc(N=C2SC3CCCC3(N3CCOCC3)N2c2ccccc2)cc1. The van der Waals surface area contributed by atoms with Crippen LogP contribution >= 0.6 is 11.8 Å². The molecular weight excluding hydrogens is 354 g/mol. The Balaban J connectivity index is 1.62. The number of amidine groups is 1. The fourth-order valence-corrected chi connectivity index (χ4v) is 6.38. The van der Waals surface area contributed by atoms with Gasteiger partial charge in [0.05, 0.1) is 18.9 Å². The lowest BCUT2D eigenvalue weighted by Crippen LogP contribution is -2.64. The largest absolute Gasteiger partial charge is 0.379 e. The van der Waals surface area contributed by atoms with Crippen LogP contribution in [0.1, 0.15) is 19.3 Å². The second-order valence-electron chi connectivity index (χ2n) is 7.38. The summed E-state index contributed by atoms with van der Waals surface area (Å²) in [6.45, 7) is 3.65. The van der Waals surface area contributed by atoms with E-state index < -0.39 is 0 Å². The Morgan fingerprint density at radius 1 is 0.963 bits per heavy atom. The Morgan fingerprint density at radius 2 is 1.67 bits per heavy atom. The Morgan fingerprint density at radius 3 is 2.41 bits per heavy atom. The van der Waals surface area contributed by atoms with Gasteiger partial charge in [-0.1, -0.05) is 48.2 Å². The lowest BCUT2D eigenvalue weighted by atomic mass is 10.0. The third kappa shape index (κ3) is 2.98. The van der Waals surface area contributed by atoms with Crippen LogP contribution in [0.5, 0.6) is 0 Å². The predicted octanol–water partition coefficient (Wildman–Crippen LogP) is 4.51. The molecule has 4 nitrogen and oxygen atoms in total. The van der Waals surface area contributed by atoms with Gasteiger partial charge in [-0.3, -0.25) is 4.90 Å². The summed E-state index contributed by atoms with van der Waals surface area (Å²) < 4.78 is 5.67. The van der Waals surface area contributed by atoms with E-state index in [9.17, 15) is 0 Å². The van der Waals surface area contributed by atoms with Crippen molar-refractivity contribution in [1.29, 1.82) is 0 Å². The van der Waals surface area contributed by atoms with Crippen LogP contribution in [-0.4, -0.2) is 47.3 Å². The van der Waals surface area contributed by atoms with Gasteiger partial charge in [-0.05, 0) is 43.5 Å². The van der Waals surface area contributed by atoms with Gasteiger partial charge in [-0.2, -0.15) is 0 Å². The maximum Gasteiger partial charge on any atom is 0.170 e. The van der Waals surface area contributed by atoms with Gasteiger partial charge in [0.15, 0.2) is 5.17 Å². The smallest absolute Gasteiger partial charge is 0.170 e. The van der Waals surface area contributed by atoms with E-state index in [4.69, 9.17) is 9.73 Å². The number of thioether (sulfide) groups is 1. The number of ether oxygens (including phenoxy) is 1. The number of fused-ring (bicyclic) bond motifs is 1. The molecule has 3 fully saturated rings. The van der Waals surface area contributed by atoms with Crippen molar-refractivity contribution in [3.05, 3.63) is 60.7 Å². The molecule has 2 aliphatic heterocycles. The van der Waals surface area contributed by atoms with E-state index >= 15 is 0 Å². The summed E-state index contributed by atoms with van der Waals surface area (Å²) in [5.41, 5.74) is 2.29. The Hall–Kier alpha value is -1.82. The van der Waals surface area contributed by atoms with Crippen LogP contribution < -0.4 is 4.90 Å². The van der Waals surface area contributed by atoms with Crippen LogP contribution in [-0.2, 0) is 4.74 Å². The minimum absolute atomic E-state index is 0.0173. The summed E-state index contributed by atoms with van der Waals surface area (Å²) in [5, 5.41) is 1.68. The average molecular weight is 380 g/mol. The van der Waals surface area contributed by atoms with Gasteiger partial charge in [0.1, 0.15) is 5.66 Å². The predicted molar refractivity (Wildman–Crippen MR) is 113 cm³/mol. The molecule has 2 heterocycles. The van der Waals surface area contributed by atoms with Gasteiger partial charge in [-0.25, -0.2) is 4.99 Å². The van der Waals surface area contributed by atoms with Gasteiger partial charge in [0.25, 0.3) is 0 Å². The molecule has 2 unspecified atom stereocenters. The molecule has 27 heavy (non-hydrogen) atoms. The molecule has 0 radical (unpaired) electrons. The summed E-state index contributed by atoms with van der Waals surface area (Å²) in [6.07, 6.45) is 3.71. The molecule has 2 aromatic rings. The molecule has 0 aromatic heterocycles. The highest BCUT2D eigenvalue weighted by Gasteiger charge is 2.58. The first-order valence-corrected chi connectivity index (χ1v) is 10.7. The third-order valence-corrected chi connectivity index (χ3v) is 7.29. The Labute approximate surface area is 165 Å². The molecule has 5 heteroatoms. The summed E-state index contributed by atoms with van der Waals surface area (Å²) in [6, 6.07) is 21.2. The van der Waals surface area contributed by atoms with E-state index in [1.165, 1.54) is 24.9 Å². The zero-order valence-electron chi connectivity index (χ0n) is 15.5. The lowest BCUT2D eigenvalue weighted by molar-refractivity contribution is -0.0140. The standard InChI is InChI=1S/C22H25N3OS/c1-3-8-18(9-4-1)23-21-25(19-10-5-2-6-11-19)22(13-7-12-20(22)27-21)24-14-16-26-17-15-24/h1-6,8-11,20H,7,12-17H2. The minimum Gasteiger partial charge on any atom is -0.379 e. The van der Waals surface area contributed by atoms with Crippen LogP contribution in [0.25, 0.3) is 0 Å². The normalized spacial score (nSPS) is 30.0. The zero-order valence-corrected chi connectivity index (χ0v) is 16.3. The number of aliphatic imine (C=N–C) groups is 1. The summed E-state index contributed by atoms with van der Waals surface area (Å²) in [5.74, 6) is 0. The lowest BCUT2D eigenvalue weighted by Gasteiger charge is -2.48. The highest BCUT2D eigenvalue weighted by molar-refractivity contribution is 8.15. The minimum atomic E-state index is 0.0173. The summed E-state index contributed by atoms with van der Waals surface area (Å²) in [7, 11) is 0. The first-order chi connectivity index (χ1) is 13.4. The fourth-order valence-electron chi connectivity index (χ4n) is 4.75. The van der Waals surface area contributed by atoms with Gasteiger partial charge in [-0.15, -0.1) is 0 Å². The van der Waals surface area contributed by atoms with E-state index in [2.05, 4.69) is 64.4 Å². The number of hydrogen-bond acceptors (Lipinski definition) is 4. The first kappa shape index (κ1) is 17.3. The maximum absolute atomic E-state index is 5.67. The van der Waals surface area contributed by atoms with Gasteiger partial charge in [0, 0.05) is 24.0 Å². The molecule has 0 N–H and O–H groups in total. The second kappa shape index (κ2) is 7.30. The van der Waals surface area contributed by atoms with E-state index in [1.54, 1.807) is 0 Å². The van der Waals surface area contributed by atoms with Crippen molar-refractivity contribution in [3.8, 4) is 0 Å². The fraction of sp³-hybridized carbons (Fsp3) is 0.409. The van der Waals surface area contributed by atoms with E-state index in [-0.39, 0.29) is 5.66 Å². The number of nitrogens with zero attached hydrogens (tertiary/aromatic N) is 3. The number of rotatable bonds is 3. The van der Waals surface area contributed by atoms with Gasteiger partial charge >= 0.3 is 0 Å². The summed E-state index contributed by atoms with van der Waals surface area (Å²) in [4.78, 5) is 10.3. The number of hydrogen-bond donors (Lipinski definition) is 0. The highest BCUT2D eigenvalue weighted by atomic mass is 32.2. The third-order valence-electron chi connectivity index (χ3n) is 5.91. The van der Waals surface area contributed by atoms with E-state index in [0.717, 1.165) is 37.2 Å². The molecule has 2 saturated heterocycles. The quantitative estimate of drug-likeness (QED) is 0.784. The maximum atomic E-state index is 5.67. The number of benzene rings is 2. The molecule has 3 aliphatic rings. The van der Waals surface area contributed by atoms with Crippen molar-refractivity contribution >= 4 is 28.3 Å². The number of morpholine rings is 1. The number of para-hydroxylation sites is 2. The monoisotopic (exact) mass is 379 g/mol. The zero-order chi connectivity index (χ0) is 18.1. The molecular formula is C22H25N3OS. The van der Waals surface area contributed by atoms with Crippen LogP contribution in [0, 0.1) is 0 Å². The molecule has 2 atom stereocenters. The van der Waals surface area contributed by atoms with Crippen LogP contribution in [0.3, 0.4) is 0 Å². The van der Waals surface area contributed by atoms with Crippen LogP contribution in [0.15, 0.2) is 65.7 Å². The van der Waals surface area contributed by atoms with Gasteiger partial charge in [0.2, 0.25) is 0 Å². The first-order valence-electron chi connectivity index (χ1n) is 9.86. The molecule has 1 aliphatic carbocycles. The molecule has 0 spiro atoms. The van der Waals surface area contributed by atoms with E-state index in [0.29, 0.717) is 5.25 Å². The van der Waals surface area contributed by atoms with Crippen molar-refractivity contribution in [1.82, 2.24) is 4.90 Å². The molecule has 5 rings (SSSR count). The van der Waals surface area contributed by atoms with Crippen molar-refractivity contribution in [3.63, 3.8) is 0 Å². The number of anilines is 1. The molecule has 2 aromatic carbocycles. The van der Waals surface area contributed by atoms with Crippen LogP contribution in [0.2, 0.25) is 0 Å². The van der Waals surface area contributed by atoms with Crippen molar-refractivity contribution in [2.45, 2.75) is 30.2 Å². The van der Waals surface area contributed by atoms with Crippen LogP contribution in [0.4, 0.5) is 11.4 Å². The molecule has 0 bridgehead atoms. The van der Waals surface area contributed by atoms with Crippen molar-refractivity contribution < 1.29 is 4.74 Å². The van der Waals surface area contributed by atoms with Gasteiger partial charge < -0.3 is 9.64 Å². The second-order valence-corrected chi connectivity index (χ2v) is 8.55. The Bertz CT molecular complexity index is 807. The summed E-state index contributed by atoms with van der Waals surface area (Å²) >= 11 is 1.96. The average Bonchev–Trinajstić information content (AvgIpc) is 3.27. The molecule has 1 saturated carbocycles. The Kier molecular flexibility index (Phi) is 4.68. The highest BCUT2D eigenvalue weighted by Crippen LogP contribution is 2.53. The topological polar surface area (TPSA) is 28.1 Å².